The number of aryl methyl sites for hydroxylation is 1. The van der Waals surface area contributed by atoms with Crippen LogP contribution in [0.25, 0.3) is 22.8 Å². The van der Waals surface area contributed by atoms with E-state index in [-0.39, 0.29) is 18.4 Å². The van der Waals surface area contributed by atoms with E-state index in [1.165, 1.54) is 17.9 Å². The quantitative estimate of drug-likeness (QED) is 0.307. The second kappa shape index (κ2) is 9.23. The van der Waals surface area contributed by atoms with Crippen molar-refractivity contribution in [2.45, 2.75) is 49.9 Å². The summed E-state index contributed by atoms with van der Waals surface area (Å²) >= 11 is 0. The molecule has 216 valence electrons. The van der Waals surface area contributed by atoms with Crippen LogP contribution in [0.5, 0.6) is 5.88 Å². The Morgan fingerprint density at radius 1 is 1.05 bits per heavy atom. The molecule has 4 aromatic rings. The molecule has 0 saturated heterocycles. The first-order chi connectivity index (χ1) is 20.1. The highest BCUT2D eigenvalue weighted by Crippen LogP contribution is 2.56. The number of anilines is 1. The first kappa shape index (κ1) is 26.4. The van der Waals surface area contributed by atoms with Crippen LogP contribution in [0.3, 0.4) is 0 Å². The number of hydrogen-bond acceptors (Lipinski definition) is 7. The van der Waals surface area contributed by atoms with Gasteiger partial charge in [-0.3, -0.25) is 4.90 Å². The number of ether oxygens (including phenoxy) is 1. The number of hydrogen-bond donors (Lipinski definition) is 0. The van der Waals surface area contributed by atoms with Crippen molar-refractivity contribution < 1.29 is 22.7 Å². The van der Waals surface area contributed by atoms with Crippen LogP contribution in [0.1, 0.15) is 54.1 Å². The highest BCUT2D eigenvalue weighted by atomic mass is 19.4. The number of rotatable bonds is 6. The summed E-state index contributed by atoms with van der Waals surface area (Å²) in [6, 6.07) is 6.80. The fourth-order valence-corrected chi connectivity index (χ4v) is 5.75. The molecule has 3 aliphatic rings. The summed E-state index contributed by atoms with van der Waals surface area (Å²) in [6.07, 6.45) is 3.39. The van der Waals surface area contributed by atoms with Crippen molar-refractivity contribution in [1.82, 2.24) is 34.4 Å². The summed E-state index contributed by atoms with van der Waals surface area (Å²) < 4.78 is 46.4. The van der Waals surface area contributed by atoms with Crippen LogP contribution < -0.4 is 9.64 Å². The molecule has 0 atom stereocenters. The van der Waals surface area contributed by atoms with Crippen LogP contribution in [-0.2, 0) is 25.3 Å². The Hall–Kier alpha value is -4.55. The molecule has 0 radical (unpaired) electrons. The predicted molar refractivity (Wildman–Crippen MR) is 145 cm³/mol. The number of carbonyl (C=O) groups is 1. The molecule has 1 aromatic carbocycles. The summed E-state index contributed by atoms with van der Waals surface area (Å²) in [4.78, 5) is 39.4. The lowest BCUT2D eigenvalue weighted by Gasteiger charge is -2.40. The number of nitrogens with zero attached hydrogens (tertiary/aromatic N) is 8. The average molecular weight is 577 g/mol. The lowest BCUT2D eigenvalue weighted by Crippen LogP contribution is -2.51. The van der Waals surface area contributed by atoms with Gasteiger partial charge in [0.1, 0.15) is 23.5 Å². The molecular formula is C29H27F3N8O2. The topological polar surface area (TPSA) is 102 Å². The van der Waals surface area contributed by atoms with Gasteiger partial charge in [-0.25, -0.2) is 29.7 Å². The zero-order chi connectivity index (χ0) is 29.4. The zero-order valence-electron chi connectivity index (χ0n) is 23.2. The maximum atomic E-state index is 13.8. The van der Waals surface area contributed by atoms with E-state index in [1.807, 2.05) is 0 Å². The number of benzene rings is 1. The number of fused-ring (bicyclic) bond motifs is 2. The number of imidazole rings is 1. The van der Waals surface area contributed by atoms with E-state index in [0.717, 1.165) is 48.7 Å². The molecule has 2 fully saturated rings. The Bertz CT molecular complexity index is 1710. The van der Waals surface area contributed by atoms with E-state index >= 15 is 0 Å². The van der Waals surface area contributed by atoms with Crippen molar-refractivity contribution in [2.24, 2.45) is 7.05 Å². The molecule has 3 aromatic heterocycles. The number of halogens is 3. The summed E-state index contributed by atoms with van der Waals surface area (Å²) in [5.74, 6) is 1.80. The molecule has 13 heteroatoms. The van der Waals surface area contributed by atoms with Crippen molar-refractivity contribution in [2.75, 3.05) is 19.1 Å². The van der Waals surface area contributed by atoms with E-state index in [2.05, 4.69) is 15.0 Å². The Kier molecular flexibility index (Phi) is 5.79. The molecule has 2 saturated carbocycles. The maximum absolute atomic E-state index is 13.8. The number of urea groups is 1. The molecule has 1 spiro atoms. The average Bonchev–Trinajstić information content (AvgIpc) is 3.92. The van der Waals surface area contributed by atoms with E-state index < -0.39 is 17.4 Å². The molecule has 0 bridgehead atoms. The fourth-order valence-electron chi connectivity index (χ4n) is 5.75. The molecule has 0 N–H and O–H groups in total. The Morgan fingerprint density at radius 2 is 1.79 bits per heavy atom. The van der Waals surface area contributed by atoms with E-state index in [1.54, 1.807) is 54.4 Å². The van der Waals surface area contributed by atoms with Gasteiger partial charge >= 0.3 is 12.2 Å². The number of carbonyl (C=O) groups excluding carboxylic acids is 1. The lowest BCUT2D eigenvalue weighted by atomic mass is 10.0. The lowest BCUT2D eigenvalue weighted by molar-refractivity contribution is -0.140. The van der Waals surface area contributed by atoms with Gasteiger partial charge in [0.2, 0.25) is 5.88 Å². The Balaban J connectivity index is 1.26. The van der Waals surface area contributed by atoms with Crippen LogP contribution in [0.15, 0.2) is 43.0 Å². The summed E-state index contributed by atoms with van der Waals surface area (Å²) in [6.45, 7) is 0.204. The number of alkyl halides is 3. The predicted octanol–water partition coefficient (Wildman–Crippen LogP) is 5.30. The van der Waals surface area contributed by atoms with Crippen molar-refractivity contribution in [3.63, 3.8) is 0 Å². The number of methoxy groups -OCH3 is 1. The number of amides is 2. The second-order valence-corrected chi connectivity index (χ2v) is 11.1. The Labute approximate surface area is 239 Å². The van der Waals surface area contributed by atoms with Crippen LogP contribution in [0.2, 0.25) is 0 Å². The van der Waals surface area contributed by atoms with Gasteiger partial charge in [0.25, 0.3) is 0 Å². The first-order valence-electron chi connectivity index (χ1n) is 13.6. The summed E-state index contributed by atoms with van der Waals surface area (Å²) in [5.41, 5.74) is 2.29. The normalized spacial score (nSPS) is 17.5. The molecule has 1 aliphatic heterocycles. The van der Waals surface area contributed by atoms with Crippen molar-refractivity contribution in [3.8, 4) is 28.7 Å². The van der Waals surface area contributed by atoms with Gasteiger partial charge in [-0.2, -0.15) is 13.2 Å². The standard InChI is InChI=1S/C29H27F3N8O2/c1-38-14-20(29(30,31)32)36-24(38)18-6-4-16(5-7-18)13-40-25-19(28(10-11-28)39(2)27(40)41)12-33-23(37-25)21-22(17-8-9-17)34-15-35-26(21)42-3/h4-7,12,14-15,17H,8-11,13H2,1-3H3. The van der Waals surface area contributed by atoms with Crippen molar-refractivity contribution >= 4 is 11.8 Å². The van der Waals surface area contributed by atoms with Crippen LogP contribution in [-0.4, -0.2) is 54.6 Å². The number of aromatic nitrogens is 6. The smallest absolute Gasteiger partial charge is 0.434 e. The fraction of sp³-hybridized carbons (Fsp3) is 0.379. The summed E-state index contributed by atoms with van der Waals surface area (Å²) in [7, 11) is 4.86. The van der Waals surface area contributed by atoms with Crippen LogP contribution in [0.4, 0.5) is 23.8 Å². The van der Waals surface area contributed by atoms with Gasteiger partial charge in [0, 0.05) is 43.5 Å². The SMILES string of the molecule is COc1ncnc(C2CC2)c1-c1ncc2c(n1)N(Cc1ccc(-c3nc(C(F)(F)F)cn3C)cc1)C(=O)N(C)C21CC1. The van der Waals surface area contributed by atoms with Crippen molar-refractivity contribution in [3.05, 3.63) is 65.5 Å². The van der Waals surface area contributed by atoms with Gasteiger partial charge in [0.05, 0.1) is 24.9 Å². The third kappa shape index (κ3) is 4.17. The minimum absolute atomic E-state index is 0.189. The first-order valence-corrected chi connectivity index (χ1v) is 13.6. The molecule has 2 aliphatic carbocycles. The molecule has 42 heavy (non-hydrogen) atoms. The molecule has 10 nitrogen and oxygen atoms in total. The second-order valence-electron chi connectivity index (χ2n) is 11.1. The highest BCUT2D eigenvalue weighted by Gasteiger charge is 2.56. The highest BCUT2D eigenvalue weighted by molar-refractivity contribution is 5.95. The third-order valence-electron chi connectivity index (χ3n) is 8.35. The minimum Gasteiger partial charge on any atom is -0.480 e. The largest absolute Gasteiger partial charge is 0.480 e. The van der Waals surface area contributed by atoms with E-state index in [9.17, 15) is 18.0 Å². The summed E-state index contributed by atoms with van der Waals surface area (Å²) in [5, 5.41) is 0. The zero-order valence-corrected chi connectivity index (χ0v) is 23.2. The molecule has 7 rings (SSSR count). The van der Waals surface area contributed by atoms with Crippen molar-refractivity contribution in [1.29, 1.82) is 0 Å². The molecule has 0 unspecified atom stereocenters. The minimum atomic E-state index is -4.53. The maximum Gasteiger partial charge on any atom is 0.434 e. The Morgan fingerprint density at radius 3 is 2.40 bits per heavy atom. The van der Waals surface area contributed by atoms with Gasteiger partial charge in [-0.15, -0.1) is 0 Å². The third-order valence-corrected chi connectivity index (χ3v) is 8.35. The van der Waals surface area contributed by atoms with Gasteiger partial charge in [-0.05, 0) is 31.2 Å². The van der Waals surface area contributed by atoms with Gasteiger partial charge in [0.15, 0.2) is 11.5 Å². The molecule has 4 heterocycles. The van der Waals surface area contributed by atoms with E-state index in [0.29, 0.717) is 34.6 Å². The van der Waals surface area contributed by atoms with E-state index in [4.69, 9.17) is 14.7 Å². The monoisotopic (exact) mass is 576 g/mol. The molecule has 2 amide bonds. The van der Waals surface area contributed by atoms with Gasteiger partial charge < -0.3 is 14.2 Å². The van der Waals surface area contributed by atoms with Gasteiger partial charge in [-0.1, -0.05) is 24.3 Å². The molecular weight excluding hydrogens is 549 g/mol. The van der Waals surface area contributed by atoms with Crippen LogP contribution in [0, 0.1) is 0 Å². The van der Waals surface area contributed by atoms with Crippen LogP contribution >= 0.6 is 0 Å².